The highest BCUT2D eigenvalue weighted by atomic mass is 16.5. The fraction of sp³-hybridized carbons (Fsp3) is 0.429. The maximum absolute atomic E-state index is 5.36. The zero-order chi connectivity index (χ0) is 12.5. The van der Waals surface area contributed by atoms with E-state index in [4.69, 9.17) is 4.74 Å². The molecule has 0 radical (unpaired) electrons. The number of morpholine rings is 1. The fourth-order valence-corrected chi connectivity index (χ4v) is 2.28. The zero-order valence-electron chi connectivity index (χ0n) is 10.8. The summed E-state index contributed by atoms with van der Waals surface area (Å²) in [7, 11) is 0. The molecule has 2 aromatic rings. The van der Waals surface area contributed by atoms with Crippen molar-refractivity contribution in [3.63, 3.8) is 0 Å². The van der Waals surface area contributed by atoms with Crippen LogP contribution in [0.5, 0.6) is 0 Å². The predicted molar refractivity (Wildman–Crippen MR) is 72.0 cm³/mol. The molecule has 0 aliphatic carbocycles. The van der Waals surface area contributed by atoms with E-state index in [1.807, 2.05) is 6.92 Å². The van der Waals surface area contributed by atoms with Crippen molar-refractivity contribution in [2.45, 2.75) is 13.8 Å². The van der Waals surface area contributed by atoms with Crippen molar-refractivity contribution in [2.75, 3.05) is 31.2 Å². The second kappa shape index (κ2) is 4.53. The van der Waals surface area contributed by atoms with Gasteiger partial charge in [-0.25, -0.2) is 9.97 Å². The molecule has 1 fully saturated rings. The standard InChI is InChI=1S/C14H17N3O/c1-10-3-4-13-12(9-10)11(2)15-14(16-13)17-5-7-18-8-6-17/h3-4,9H,5-8H2,1-2H3. The molecular formula is C14H17N3O. The molecule has 1 aromatic heterocycles. The van der Waals surface area contributed by atoms with E-state index in [0.717, 1.165) is 48.8 Å². The first-order valence-corrected chi connectivity index (χ1v) is 6.32. The Balaban J connectivity index is 2.06. The van der Waals surface area contributed by atoms with Gasteiger partial charge < -0.3 is 9.64 Å². The zero-order valence-corrected chi connectivity index (χ0v) is 10.8. The second-order valence-corrected chi connectivity index (χ2v) is 4.73. The highest BCUT2D eigenvalue weighted by Gasteiger charge is 2.15. The summed E-state index contributed by atoms with van der Waals surface area (Å²) in [6.45, 7) is 7.40. The number of benzene rings is 1. The highest BCUT2D eigenvalue weighted by Crippen LogP contribution is 2.20. The molecule has 4 nitrogen and oxygen atoms in total. The van der Waals surface area contributed by atoms with Crippen LogP contribution in [0.1, 0.15) is 11.3 Å². The van der Waals surface area contributed by atoms with Gasteiger partial charge in [-0.05, 0) is 26.0 Å². The number of nitrogens with zero attached hydrogens (tertiary/aromatic N) is 3. The van der Waals surface area contributed by atoms with Gasteiger partial charge in [-0.3, -0.25) is 0 Å². The number of anilines is 1. The van der Waals surface area contributed by atoms with E-state index < -0.39 is 0 Å². The number of fused-ring (bicyclic) bond motifs is 1. The third-order valence-corrected chi connectivity index (χ3v) is 3.32. The number of rotatable bonds is 1. The van der Waals surface area contributed by atoms with E-state index in [1.54, 1.807) is 0 Å². The molecule has 0 bridgehead atoms. The van der Waals surface area contributed by atoms with E-state index in [1.165, 1.54) is 5.56 Å². The van der Waals surface area contributed by atoms with E-state index in [2.05, 4.69) is 40.0 Å². The number of hydrogen-bond donors (Lipinski definition) is 0. The Kier molecular flexibility index (Phi) is 2.88. The summed E-state index contributed by atoms with van der Waals surface area (Å²) in [4.78, 5) is 11.5. The minimum absolute atomic E-state index is 0.758. The summed E-state index contributed by atoms with van der Waals surface area (Å²) in [5.74, 6) is 0.826. The van der Waals surface area contributed by atoms with Gasteiger partial charge in [0.2, 0.25) is 5.95 Å². The molecule has 1 aliphatic heterocycles. The van der Waals surface area contributed by atoms with Crippen molar-refractivity contribution in [3.05, 3.63) is 29.5 Å². The summed E-state index contributed by atoms with van der Waals surface area (Å²) in [5.41, 5.74) is 3.31. The van der Waals surface area contributed by atoms with Crippen LogP contribution >= 0.6 is 0 Å². The van der Waals surface area contributed by atoms with Crippen molar-refractivity contribution in [2.24, 2.45) is 0 Å². The van der Waals surface area contributed by atoms with Crippen LogP contribution in [0.25, 0.3) is 10.9 Å². The Morgan fingerprint density at radius 2 is 1.89 bits per heavy atom. The Labute approximate surface area is 107 Å². The van der Waals surface area contributed by atoms with Gasteiger partial charge in [0, 0.05) is 18.5 Å². The maximum Gasteiger partial charge on any atom is 0.226 e. The van der Waals surface area contributed by atoms with Gasteiger partial charge >= 0.3 is 0 Å². The van der Waals surface area contributed by atoms with Crippen LogP contribution in [-0.4, -0.2) is 36.3 Å². The van der Waals surface area contributed by atoms with Crippen molar-refractivity contribution >= 4 is 16.9 Å². The summed E-state index contributed by atoms with van der Waals surface area (Å²) >= 11 is 0. The van der Waals surface area contributed by atoms with Crippen molar-refractivity contribution in [1.29, 1.82) is 0 Å². The molecule has 1 saturated heterocycles. The van der Waals surface area contributed by atoms with Crippen LogP contribution in [-0.2, 0) is 4.74 Å². The first-order valence-electron chi connectivity index (χ1n) is 6.32. The Hall–Kier alpha value is -1.68. The largest absolute Gasteiger partial charge is 0.378 e. The third-order valence-electron chi connectivity index (χ3n) is 3.32. The molecule has 1 aliphatic rings. The Morgan fingerprint density at radius 3 is 2.67 bits per heavy atom. The number of ether oxygens (including phenoxy) is 1. The second-order valence-electron chi connectivity index (χ2n) is 4.73. The van der Waals surface area contributed by atoms with E-state index in [0.29, 0.717) is 0 Å². The predicted octanol–water partition coefficient (Wildman–Crippen LogP) is 2.08. The summed E-state index contributed by atoms with van der Waals surface area (Å²) < 4.78 is 5.36. The minimum atomic E-state index is 0.758. The monoisotopic (exact) mass is 243 g/mol. The Bertz CT molecular complexity index is 577. The number of aromatic nitrogens is 2. The normalized spacial score (nSPS) is 16.2. The SMILES string of the molecule is Cc1ccc2nc(N3CCOCC3)nc(C)c2c1. The summed E-state index contributed by atoms with van der Waals surface area (Å²) in [6, 6.07) is 6.31. The van der Waals surface area contributed by atoms with Crippen LogP contribution < -0.4 is 4.90 Å². The molecule has 0 atom stereocenters. The van der Waals surface area contributed by atoms with Gasteiger partial charge in [0.1, 0.15) is 0 Å². The average molecular weight is 243 g/mol. The third kappa shape index (κ3) is 2.04. The molecule has 1 aromatic carbocycles. The van der Waals surface area contributed by atoms with Gasteiger partial charge in [-0.15, -0.1) is 0 Å². The van der Waals surface area contributed by atoms with Crippen molar-refractivity contribution < 1.29 is 4.74 Å². The molecule has 0 amide bonds. The molecular weight excluding hydrogens is 226 g/mol. The lowest BCUT2D eigenvalue weighted by molar-refractivity contribution is 0.122. The van der Waals surface area contributed by atoms with Gasteiger partial charge in [0.15, 0.2) is 0 Å². The smallest absolute Gasteiger partial charge is 0.226 e. The van der Waals surface area contributed by atoms with Crippen molar-refractivity contribution in [1.82, 2.24) is 9.97 Å². The molecule has 0 saturated carbocycles. The summed E-state index contributed by atoms with van der Waals surface area (Å²) in [5, 5.41) is 1.15. The van der Waals surface area contributed by atoms with Gasteiger partial charge in [-0.2, -0.15) is 0 Å². The van der Waals surface area contributed by atoms with Crippen LogP contribution in [0.2, 0.25) is 0 Å². The highest BCUT2D eigenvalue weighted by molar-refractivity contribution is 5.82. The topological polar surface area (TPSA) is 38.2 Å². The molecule has 2 heterocycles. The first-order chi connectivity index (χ1) is 8.74. The average Bonchev–Trinajstić information content (AvgIpc) is 2.40. The van der Waals surface area contributed by atoms with E-state index >= 15 is 0 Å². The van der Waals surface area contributed by atoms with Crippen LogP contribution in [0.3, 0.4) is 0 Å². The quantitative estimate of drug-likeness (QED) is 0.768. The van der Waals surface area contributed by atoms with E-state index in [9.17, 15) is 0 Å². The van der Waals surface area contributed by atoms with Crippen LogP contribution in [0.4, 0.5) is 5.95 Å². The molecule has 4 heteroatoms. The van der Waals surface area contributed by atoms with Gasteiger partial charge in [0.25, 0.3) is 0 Å². The minimum Gasteiger partial charge on any atom is -0.378 e. The number of hydrogen-bond acceptors (Lipinski definition) is 4. The fourth-order valence-electron chi connectivity index (χ4n) is 2.28. The molecule has 18 heavy (non-hydrogen) atoms. The van der Waals surface area contributed by atoms with Crippen LogP contribution in [0.15, 0.2) is 18.2 Å². The van der Waals surface area contributed by atoms with E-state index in [-0.39, 0.29) is 0 Å². The molecule has 0 spiro atoms. The molecule has 0 unspecified atom stereocenters. The molecule has 0 N–H and O–H groups in total. The number of aryl methyl sites for hydroxylation is 2. The Morgan fingerprint density at radius 1 is 1.11 bits per heavy atom. The van der Waals surface area contributed by atoms with Gasteiger partial charge in [-0.1, -0.05) is 11.6 Å². The lowest BCUT2D eigenvalue weighted by Crippen LogP contribution is -2.37. The van der Waals surface area contributed by atoms with Gasteiger partial charge in [0.05, 0.1) is 24.4 Å². The maximum atomic E-state index is 5.36. The first kappa shape index (κ1) is 11.4. The molecule has 3 rings (SSSR count). The van der Waals surface area contributed by atoms with Crippen LogP contribution in [0, 0.1) is 13.8 Å². The summed E-state index contributed by atoms with van der Waals surface area (Å²) in [6.07, 6.45) is 0. The van der Waals surface area contributed by atoms with Crippen molar-refractivity contribution in [3.8, 4) is 0 Å². The lowest BCUT2D eigenvalue weighted by atomic mass is 10.1. The molecule has 94 valence electrons. The lowest BCUT2D eigenvalue weighted by Gasteiger charge is -2.27.